The quantitative estimate of drug-likeness (QED) is 0.829. The Labute approximate surface area is 97.7 Å². The van der Waals surface area contributed by atoms with Gasteiger partial charge in [0, 0.05) is 18.0 Å². The Bertz CT molecular complexity index is 334. The van der Waals surface area contributed by atoms with Gasteiger partial charge in [-0.3, -0.25) is 4.98 Å². The summed E-state index contributed by atoms with van der Waals surface area (Å²) in [4.78, 5) is 4.10. The molecule has 1 heterocycles. The third kappa shape index (κ3) is 2.27. The molecule has 1 saturated carbocycles. The van der Waals surface area contributed by atoms with E-state index in [-0.39, 0.29) is 0 Å². The van der Waals surface area contributed by atoms with Crippen LogP contribution in [0.3, 0.4) is 0 Å². The molecule has 0 amide bonds. The minimum atomic E-state index is -0.719. The van der Waals surface area contributed by atoms with E-state index in [2.05, 4.69) is 11.9 Å². The molecule has 0 bridgehead atoms. The third-order valence-electron chi connectivity index (χ3n) is 3.98. The van der Waals surface area contributed by atoms with Crippen LogP contribution in [0.1, 0.15) is 45.1 Å². The maximum absolute atomic E-state index is 10.7. The molecule has 1 aliphatic carbocycles. The van der Waals surface area contributed by atoms with E-state index in [9.17, 15) is 5.11 Å². The Morgan fingerprint density at radius 2 is 2.25 bits per heavy atom. The fraction of sp³-hybridized carbons (Fsp3) is 0.643. The predicted molar refractivity (Wildman–Crippen MR) is 64.9 cm³/mol. The molecule has 88 valence electrons. The molecule has 0 saturated heterocycles. The van der Waals surface area contributed by atoms with E-state index < -0.39 is 5.60 Å². The molecular formula is C14H21NO. The molecule has 3 atom stereocenters. The van der Waals surface area contributed by atoms with Crippen LogP contribution in [0.25, 0.3) is 0 Å². The molecule has 1 N–H and O–H groups in total. The zero-order valence-corrected chi connectivity index (χ0v) is 10.2. The standard InChI is InChI=1S/C14H21NO/c1-11-5-3-6-12(9-11)14(2,16)13-7-4-8-15-10-13/h4,7-8,10-12,16H,3,5-6,9H2,1-2H3. The molecule has 2 nitrogen and oxygen atoms in total. The van der Waals surface area contributed by atoms with E-state index in [4.69, 9.17) is 0 Å². The van der Waals surface area contributed by atoms with Crippen LogP contribution in [0.5, 0.6) is 0 Å². The molecule has 1 fully saturated rings. The summed E-state index contributed by atoms with van der Waals surface area (Å²) in [5.41, 5.74) is 0.234. The maximum atomic E-state index is 10.7. The summed E-state index contributed by atoms with van der Waals surface area (Å²) in [5, 5.41) is 10.7. The number of rotatable bonds is 2. The van der Waals surface area contributed by atoms with Crippen molar-refractivity contribution in [3.8, 4) is 0 Å². The molecule has 1 aliphatic rings. The number of aromatic nitrogens is 1. The summed E-state index contributed by atoms with van der Waals surface area (Å²) in [6, 6.07) is 3.88. The average Bonchev–Trinajstić information content (AvgIpc) is 2.30. The predicted octanol–water partition coefficient (Wildman–Crippen LogP) is 3.12. The van der Waals surface area contributed by atoms with Crippen molar-refractivity contribution >= 4 is 0 Å². The summed E-state index contributed by atoms with van der Waals surface area (Å²) >= 11 is 0. The van der Waals surface area contributed by atoms with E-state index in [1.54, 1.807) is 12.4 Å². The van der Waals surface area contributed by atoms with Gasteiger partial charge in [-0.25, -0.2) is 0 Å². The highest BCUT2D eigenvalue weighted by Crippen LogP contribution is 2.40. The van der Waals surface area contributed by atoms with E-state index in [0.717, 1.165) is 24.3 Å². The molecule has 0 aromatic carbocycles. The van der Waals surface area contributed by atoms with Gasteiger partial charge in [-0.2, -0.15) is 0 Å². The second-order valence-electron chi connectivity index (χ2n) is 5.36. The lowest BCUT2D eigenvalue weighted by Gasteiger charge is -2.38. The lowest BCUT2D eigenvalue weighted by atomic mass is 9.72. The van der Waals surface area contributed by atoms with Crippen LogP contribution >= 0.6 is 0 Å². The van der Waals surface area contributed by atoms with Gasteiger partial charge in [-0.1, -0.05) is 25.8 Å². The molecule has 0 spiro atoms. The van der Waals surface area contributed by atoms with Gasteiger partial charge in [0.05, 0.1) is 5.60 Å². The monoisotopic (exact) mass is 219 g/mol. The van der Waals surface area contributed by atoms with Gasteiger partial charge in [0.2, 0.25) is 0 Å². The van der Waals surface area contributed by atoms with Crippen LogP contribution in [0, 0.1) is 11.8 Å². The van der Waals surface area contributed by atoms with Crippen molar-refractivity contribution in [1.82, 2.24) is 4.98 Å². The summed E-state index contributed by atoms with van der Waals surface area (Å²) in [5.74, 6) is 1.11. The number of pyridine rings is 1. The maximum Gasteiger partial charge on any atom is 0.0911 e. The van der Waals surface area contributed by atoms with E-state index in [1.807, 2.05) is 19.1 Å². The van der Waals surface area contributed by atoms with Crippen molar-refractivity contribution in [3.05, 3.63) is 30.1 Å². The minimum Gasteiger partial charge on any atom is -0.385 e. The van der Waals surface area contributed by atoms with Gasteiger partial charge in [-0.05, 0) is 37.7 Å². The van der Waals surface area contributed by atoms with Gasteiger partial charge in [-0.15, -0.1) is 0 Å². The van der Waals surface area contributed by atoms with Crippen LogP contribution in [0.15, 0.2) is 24.5 Å². The lowest BCUT2D eigenvalue weighted by molar-refractivity contribution is -0.0296. The first-order valence-corrected chi connectivity index (χ1v) is 6.23. The highest BCUT2D eigenvalue weighted by Gasteiger charge is 2.36. The summed E-state index contributed by atoms with van der Waals surface area (Å²) in [7, 11) is 0. The van der Waals surface area contributed by atoms with Gasteiger partial charge < -0.3 is 5.11 Å². The molecule has 3 unspecified atom stereocenters. The molecule has 2 rings (SSSR count). The molecule has 0 aliphatic heterocycles. The largest absolute Gasteiger partial charge is 0.385 e. The second-order valence-corrected chi connectivity index (χ2v) is 5.36. The molecule has 2 heteroatoms. The molecule has 1 aromatic rings. The van der Waals surface area contributed by atoms with Crippen LogP contribution < -0.4 is 0 Å². The van der Waals surface area contributed by atoms with E-state index in [0.29, 0.717) is 5.92 Å². The Hall–Kier alpha value is -0.890. The first-order valence-electron chi connectivity index (χ1n) is 6.23. The second kappa shape index (κ2) is 4.54. The van der Waals surface area contributed by atoms with E-state index in [1.165, 1.54) is 12.8 Å². The third-order valence-corrected chi connectivity index (χ3v) is 3.98. The fourth-order valence-corrected chi connectivity index (χ4v) is 2.84. The topological polar surface area (TPSA) is 33.1 Å². The Morgan fingerprint density at radius 3 is 2.88 bits per heavy atom. The van der Waals surface area contributed by atoms with Gasteiger partial charge in [0.1, 0.15) is 0 Å². The number of hydrogen-bond donors (Lipinski definition) is 1. The fourth-order valence-electron chi connectivity index (χ4n) is 2.84. The van der Waals surface area contributed by atoms with Gasteiger partial charge in [0.15, 0.2) is 0 Å². The van der Waals surface area contributed by atoms with Crippen molar-refractivity contribution in [2.75, 3.05) is 0 Å². The average molecular weight is 219 g/mol. The molecule has 0 radical (unpaired) electrons. The Kier molecular flexibility index (Phi) is 3.29. The minimum absolute atomic E-state index is 0.375. The van der Waals surface area contributed by atoms with E-state index >= 15 is 0 Å². The van der Waals surface area contributed by atoms with Crippen LogP contribution in [-0.4, -0.2) is 10.1 Å². The zero-order valence-electron chi connectivity index (χ0n) is 10.2. The Morgan fingerprint density at radius 1 is 1.44 bits per heavy atom. The van der Waals surface area contributed by atoms with Crippen molar-refractivity contribution in [1.29, 1.82) is 0 Å². The van der Waals surface area contributed by atoms with Crippen LogP contribution in [-0.2, 0) is 5.60 Å². The van der Waals surface area contributed by atoms with Crippen molar-refractivity contribution < 1.29 is 5.11 Å². The van der Waals surface area contributed by atoms with Crippen LogP contribution in [0.2, 0.25) is 0 Å². The van der Waals surface area contributed by atoms with Crippen molar-refractivity contribution in [2.24, 2.45) is 11.8 Å². The molecule has 16 heavy (non-hydrogen) atoms. The first kappa shape index (κ1) is 11.6. The lowest BCUT2D eigenvalue weighted by Crippen LogP contribution is -2.35. The van der Waals surface area contributed by atoms with Crippen molar-refractivity contribution in [3.63, 3.8) is 0 Å². The van der Waals surface area contributed by atoms with Crippen LogP contribution in [0.4, 0.5) is 0 Å². The smallest absolute Gasteiger partial charge is 0.0911 e. The normalized spacial score (nSPS) is 29.7. The summed E-state index contributed by atoms with van der Waals surface area (Å²) in [6.45, 7) is 4.22. The highest BCUT2D eigenvalue weighted by atomic mass is 16.3. The summed E-state index contributed by atoms with van der Waals surface area (Å²) in [6.07, 6.45) is 8.35. The number of hydrogen-bond acceptors (Lipinski definition) is 2. The van der Waals surface area contributed by atoms with Crippen molar-refractivity contribution in [2.45, 2.75) is 45.1 Å². The molecule has 1 aromatic heterocycles. The summed E-state index contributed by atoms with van der Waals surface area (Å²) < 4.78 is 0. The highest BCUT2D eigenvalue weighted by molar-refractivity contribution is 5.18. The number of aliphatic hydroxyl groups is 1. The SMILES string of the molecule is CC1CCCC(C(C)(O)c2cccnc2)C1. The zero-order chi connectivity index (χ0) is 11.6. The number of nitrogens with zero attached hydrogens (tertiary/aromatic N) is 1. The van der Waals surface area contributed by atoms with Gasteiger partial charge in [0.25, 0.3) is 0 Å². The Balaban J connectivity index is 2.18. The molecular weight excluding hydrogens is 198 g/mol. The van der Waals surface area contributed by atoms with Gasteiger partial charge >= 0.3 is 0 Å². The first-order chi connectivity index (χ1) is 7.60.